The Labute approximate surface area is 188 Å². The monoisotopic (exact) mass is 429 g/mol. The van der Waals surface area contributed by atoms with Crippen molar-refractivity contribution in [2.45, 2.75) is 45.4 Å². The SMILES string of the molecule is CCCCCCCCOC(=O)c1ccc2c(c1)C(=O)N(c1ccc3ccccc3c1)C2=O. The molecule has 0 spiro atoms. The molecule has 0 atom stereocenters. The molecule has 0 unspecified atom stereocenters. The number of benzene rings is 3. The summed E-state index contributed by atoms with van der Waals surface area (Å²) < 4.78 is 5.37. The zero-order chi connectivity index (χ0) is 22.5. The summed E-state index contributed by atoms with van der Waals surface area (Å²) in [5, 5.41) is 1.98. The van der Waals surface area contributed by atoms with Crippen molar-refractivity contribution in [2.75, 3.05) is 11.5 Å². The van der Waals surface area contributed by atoms with Crippen molar-refractivity contribution in [1.29, 1.82) is 0 Å². The smallest absolute Gasteiger partial charge is 0.338 e. The molecule has 0 N–H and O–H groups in total. The third-order valence-electron chi connectivity index (χ3n) is 5.84. The summed E-state index contributed by atoms with van der Waals surface area (Å²) >= 11 is 0. The third-order valence-corrected chi connectivity index (χ3v) is 5.84. The highest BCUT2D eigenvalue weighted by Gasteiger charge is 2.37. The predicted molar refractivity (Wildman–Crippen MR) is 125 cm³/mol. The number of nitrogens with zero attached hydrogens (tertiary/aromatic N) is 1. The topological polar surface area (TPSA) is 63.7 Å². The maximum atomic E-state index is 13.1. The Morgan fingerprint density at radius 2 is 1.50 bits per heavy atom. The minimum Gasteiger partial charge on any atom is -0.462 e. The number of imide groups is 1. The Morgan fingerprint density at radius 1 is 0.781 bits per heavy atom. The molecule has 0 aromatic heterocycles. The van der Waals surface area contributed by atoms with E-state index in [1.807, 2.05) is 36.4 Å². The molecule has 5 nitrogen and oxygen atoms in total. The molecule has 5 heteroatoms. The van der Waals surface area contributed by atoms with Gasteiger partial charge >= 0.3 is 5.97 Å². The first-order chi connectivity index (χ1) is 15.6. The number of amides is 2. The molecule has 0 bridgehead atoms. The van der Waals surface area contributed by atoms with Crippen LogP contribution >= 0.6 is 0 Å². The Hall–Kier alpha value is -3.47. The number of carbonyl (C=O) groups is 3. The van der Waals surface area contributed by atoms with Gasteiger partial charge in [-0.25, -0.2) is 9.69 Å². The average molecular weight is 430 g/mol. The lowest BCUT2D eigenvalue weighted by atomic mass is 10.1. The summed E-state index contributed by atoms with van der Waals surface area (Å²) in [6.07, 6.45) is 6.65. The minimum atomic E-state index is -0.467. The number of carbonyl (C=O) groups excluding carboxylic acids is 3. The average Bonchev–Trinajstić information content (AvgIpc) is 3.07. The summed E-state index contributed by atoms with van der Waals surface area (Å²) in [5.74, 6) is -1.27. The van der Waals surface area contributed by atoms with Crippen LogP contribution in [-0.2, 0) is 4.74 Å². The highest BCUT2D eigenvalue weighted by Crippen LogP contribution is 2.31. The highest BCUT2D eigenvalue weighted by atomic mass is 16.5. The van der Waals surface area contributed by atoms with E-state index in [1.165, 1.54) is 36.3 Å². The number of fused-ring (bicyclic) bond motifs is 2. The second-order valence-electron chi connectivity index (χ2n) is 8.14. The molecule has 32 heavy (non-hydrogen) atoms. The Bertz CT molecular complexity index is 1170. The van der Waals surface area contributed by atoms with E-state index in [2.05, 4.69) is 6.92 Å². The first-order valence-electron chi connectivity index (χ1n) is 11.3. The van der Waals surface area contributed by atoms with Crippen LogP contribution in [0.15, 0.2) is 60.7 Å². The molecule has 1 aliphatic heterocycles. The van der Waals surface area contributed by atoms with E-state index in [-0.39, 0.29) is 17.0 Å². The van der Waals surface area contributed by atoms with Crippen LogP contribution in [0.4, 0.5) is 5.69 Å². The minimum absolute atomic E-state index is 0.233. The maximum Gasteiger partial charge on any atom is 0.338 e. The fraction of sp³-hybridized carbons (Fsp3) is 0.296. The van der Waals surface area contributed by atoms with Crippen LogP contribution < -0.4 is 4.90 Å². The standard InChI is InChI=1S/C27H27NO4/c1-2-3-4-5-6-9-16-32-27(31)21-13-15-23-24(18-21)26(30)28(25(23)29)22-14-12-19-10-7-8-11-20(19)17-22/h7-8,10-15,17-18H,2-6,9,16H2,1H3. The van der Waals surface area contributed by atoms with Gasteiger partial charge in [0.2, 0.25) is 0 Å². The van der Waals surface area contributed by atoms with Gasteiger partial charge in [0.05, 0.1) is 29.0 Å². The van der Waals surface area contributed by atoms with Crippen molar-refractivity contribution in [1.82, 2.24) is 0 Å². The van der Waals surface area contributed by atoms with Gasteiger partial charge in [-0.3, -0.25) is 9.59 Å². The molecular weight excluding hydrogens is 402 g/mol. The van der Waals surface area contributed by atoms with Gasteiger partial charge < -0.3 is 4.74 Å². The van der Waals surface area contributed by atoms with Crippen molar-refractivity contribution in [3.05, 3.63) is 77.4 Å². The van der Waals surface area contributed by atoms with Crippen LogP contribution in [0.2, 0.25) is 0 Å². The zero-order valence-corrected chi connectivity index (χ0v) is 18.3. The van der Waals surface area contributed by atoms with Gasteiger partial charge in [0.25, 0.3) is 11.8 Å². The van der Waals surface area contributed by atoms with E-state index in [0.717, 1.165) is 30.0 Å². The first kappa shape index (κ1) is 21.8. The van der Waals surface area contributed by atoms with Crippen LogP contribution in [0, 0.1) is 0 Å². The molecule has 1 heterocycles. The van der Waals surface area contributed by atoms with E-state index in [0.29, 0.717) is 17.9 Å². The largest absolute Gasteiger partial charge is 0.462 e. The van der Waals surface area contributed by atoms with Crippen LogP contribution in [0.5, 0.6) is 0 Å². The molecule has 2 amide bonds. The molecule has 3 aromatic rings. The number of hydrogen-bond acceptors (Lipinski definition) is 4. The molecule has 3 aromatic carbocycles. The van der Waals surface area contributed by atoms with Crippen LogP contribution in [0.3, 0.4) is 0 Å². The third kappa shape index (κ3) is 4.42. The first-order valence-corrected chi connectivity index (χ1v) is 11.3. The zero-order valence-electron chi connectivity index (χ0n) is 18.3. The van der Waals surface area contributed by atoms with Crippen molar-refractivity contribution < 1.29 is 19.1 Å². The van der Waals surface area contributed by atoms with Gasteiger partial charge in [0, 0.05) is 0 Å². The molecular formula is C27H27NO4. The molecule has 0 radical (unpaired) electrons. The predicted octanol–water partition coefficient (Wildman–Crippen LogP) is 6.16. The van der Waals surface area contributed by atoms with E-state index in [1.54, 1.807) is 12.1 Å². The lowest BCUT2D eigenvalue weighted by Gasteiger charge is -2.14. The number of rotatable bonds is 9. The molecule has 0 saturated heterocycles. The molecule has 1 aliphatic rings. The van der Waals surface area contributed by atoms with Gasteiger partial charge in [-0.2, -0.15) is 0 Å². The lowest BCUT2D eigenvalue weighted by molar-refractivity contribution is 0.0497. The number of hydrogen-bond donors (Lipinski definition) is 0. The number of unbranched alkanes of at least 4 members (excludes halogenated alkanes) is 5. The van der Waals surface area contributed by atoms with Gasteiger partial charge in [0.1, 0.15) is 0 Å². The maximum absolute atomic E-state index is 13.1. The normalized spacial score (nSPS) is 13.0. The van der Waals surface area contributed by atoms with Gasteiger partial charge in [-0.15, -0.1) is 0 Å². The van der Waals surface area contributed by atoms with Gasteiger partial charge in [-0.1, -0.05) is 69.4 Å². The van der Waals surface area contributed by atoms with Crippen molar-refractivity contribution >= 4 is 34.2 Å². The van der Waals surface area contributed by atoms with Crippen molar-refractivity contribution in [3.8, 4) is 0 Å². The van der Waals surface area contributed by atoms with Crippen LogP contribution in [0.25, 0.3) is 10.8 Å². The van der Waals surface area contributed by atoms with Gasteiger partial charge in [-0.05, 0) is 47.5 Å². The number of anilines is 1. The van der Waals surface area contributed by atoms with E-state index < -0.39 is 11.9 Å². The van der Waals surface area contributed by atoms with Crippen LogP contribution in [-0.4, -0.2) is 24.4 Å². The fourth-order valence-corrected chi connectivity index (χ4v) is 4.05. The summed E-state index contributed by atoms with van der Waals surface area (Å²) in [6, 6.07) is 17.8. The van der Waals surface area contributed by atoms with Crippen molar-refractivity contribution in [2.24, 2.45) is 0 Å². The van der Waals surface area contributed by atoms with Gasteiger partial charge in [0.15, 0.2) is 0 Å². The lowest BCUT2D eigenvalue weighted by Crippen LogP contribution is -2.29. The van der Waals surface area contributed by atoms with Crippen molar-refractivity contribution in [3.63, 3.8) is 0 Å². The molecule has 0 saturated carbocycles. The molecule has 0 aliphatic carbocycles. The van der Waals surface area contributed by atoms with E-state index in [4.69, 9.17) is 4.74 Å². The second kappa shape index (κ2) is 9.77. The van der Waals surface area contributed by atoms with Crippen LogP contribution in [0.1, 0.15) is 76.5 Å². The fourth-order valence-electron chi connectivity index (χ4n) is 4.05. The number of esters is 1. The van der Waals surface area contributed by atoms with E-state index >= 15 is 0 Å². The molecule has 4 rings (SSSR count). The second-order valence-corrected chi connectivity index (χ2v) is 8.14. The summed E-state index contributed by atoms with van der Waals surface area (Å²) in [5.41, 5.74) is 1.34. The summed E-state index contributed by atoms with van der Waals surface area (Å²) in [4.78, 5) is 39.6. The Morgan fingerprint density at radius 3 is 2.31 bits per heavy atom. The summed E-state index contributed by atoms with van der Waals surface area (Å²) in [6.45, 7) is 2.54. The Balaban J connectivity index is 1.45. The number of ether oxygens (including phenoxy) is 1. The highest BCUT2D eigenvalue weighted by molar-refractivity contribution is 6.35. The van der Waals surface area contributed by atoms with E-state index in [9.17, 15) is 14.4 Å². The molecule has 164 valence electrons. The Kier molecular flexibility index (Phi) is 6.64. The quantitative estimate of drug-likeness (QED) is 0.232. The summed E-state index contributed by atoms with van der Waals surface area (Å²) in [7, 11) is 0. The molecule has 0 fully saturated rings.